The molecule has 0 atom stereocenters. The molecule has 1 heterocycles. The van der Waals surface area contributed by atoms with Crippen LogP contribution in [-0.4, -0.2) is 39.0 Å². The molecule has 1 aromatic heterocycles. The van der Waals surface area contributed by atoms with Crippen molar-refractivity contribution in [3.63, 3.8) is 0 Å². The van der Waals surface area contributed by atoms with E-state index in [0.717, 1.165) is 16.7 Å². The molecule has 0 saturated carbocycles. The van der Waals surface area contributed by atoms with Gasteiger partial charge in [-0.25, -0.2) is 0 Å². The molecule has 0 radical (unpaired) electrons. The van der Waals surface area contributed by atoms with E-state index >= 15 is 0 Å². The van der Waals surface area contributed by atoms with Gasteiger partial charge in [0.25, 0.3) is 11.6 Å². The van der Waals surface area contributed by atoms with Gasteiger partial charge in [0.1, 0.15) is 0 Å². The van der Waals surface area contributed by atoms with Crippen LogP contribution in [0, 0.1) is 17.0 Å². The maximum Gasteiger partial charge on any atom is 0.270 e. The van der Waals surface area contributed by atoms with Crippen molar-refractivity contribution in [1.29, 1.82) is 0 Å². The Bertz CT molecular complexity index is 1290. The molecular weight excluding hydrogens is 432 g/mol. The summed E-state index contributed by atoms with van der Waals surface area (Å²) in [6, 6.07) is 23.5. The standard InChI is InChI=1S/C26H24N4O4/c1-19-7-5-10-21(17-19)25-27-24(34-28-25)14-16-29(15-13-20-8-3-2-4-9-20)26(31)22-11-6-12-23(18-22)30(32)33/h2-12,17-18H,13-16H2,1H3. The second-order valence-corrected chi connectivity index (χ2v) is 7.97. The average molecular weight is 457 g/mol. The number of aryl methyl sites for hydroxylation is 1. The maximum absolute atomic E-state index is 13.3. The topological polar surface area (TPSA) is 102 Å². The highest BCUT2D eigenvalue weighted by Crippen LogP contribution is 2.18. The number of hydrogen-bond donors (Lipinski definition) is 0. The molecule has 4 aromatic rings. The van der Waals surface area contributed by atoms with E-state index in [1.165, 1.54) is 18.2 Å². The number of nitrogens with zero attached hydrogens (tertiary/aromatic N) is 4. The highest BCUT2D eigenvalue weighted by Gasteiger charge is 2.20. The van der Waals surface area contributed by atoms with Gasteiger partial charge in [-0.3, -0.25) is 14.9 Å². The van der Waals surface area contributed by atoms with Crippen LogP contribution in [0.5, 0.6) is 0 Å². The second-order valence-electron chi connectivity index (χ2n) is 7.97. The van der Waals surface area contributed by atoms with Gasteiger partial charge in [-0.15, -0.1) is 0 Å². The fourth-order valence-electron chi connectivity index (χ4n) is 3.65. The Balaban J connectivity index is 1.50. The molecule has 0 aliphatic carbocycles. The summed E-state index contributed by atoms with van der Waals surface area (Å²) in [6.07, 6.45) is 1.02. The van der Waals surface area contributed by atoms with Crippen LogP contribution in [0.3, 0.4) is 0 Å². The van der Waals surface area contributed by atoms with Crippen molar-refractivity contribution >= 4 is 11.6 Å². The molecule has 3 aromatic carbocycles. The van der Waals surface area contributed by atoms with Crippen molar-refractivity contribution in [2.75, 3.05) is 13.1 Å². The van der Waals surface area contributed by atoms with Crippen LogP contribution in [0.15, 0.2) is 83.4 Å². The molecular formula is C26H24N4O4. The lowest BCUT2D eigenvalue weighted by atomic mass is 10.1. The zero-order valence-electron chi connectivity index (χ0n) is 18.8. The summed E-state index contributed by atoms with van der Waals surface area (Å²) in [5.41, 5.74) is 3.21. The molecule has 0 aliphatic heterocycles. The van der Waals surface area contributed by atoms with Gasteiger partial charge in [0.2, 0.25) is 11.7 Å². The molecule has 0 N–H and O–H groups in total. The van der Waals surface area contributed by atoms with Crippen LogP contribution in [0.25, 0.3) is 11.4 Å². The first-order valence-electron chi connectivity index (χ1n) is 11.0. The summed E-state index contributed by atoms with van der Waals surface area (Å²) in [6.45, 7) is 2.78. The van der Waals surface area contributed by atoms with E-state index < -0.39 is 4.92 Å². The lowest BCUT2D eigenvalue weighted by molar-refractivity contribution is -0.384. The molecule has 0 unspecified atom stereocenters. The molecule has 34 heavy (non-hydrogen) atoms. The molecule has 0 spiro atoms. The maximum atomic E-state index is 13.3. The third-order valence-corrected chi connectivity index (χ3v) is 5.44. The monoisotopic (exact) mass is 456 g/mol. The third-order valence-electron chi connectivity index (χ3n) is 5.44. The van der Waals surface area contributed by atoms with Crippen molar-refractivity contribution in [3.8, 4) is 11.4 Å². The van der Waals surface area contributed by atoms with Gasteiger partial charge in [0.15, 0.2) is 0 Å². The molecule has 172 valence electrons. The summed E-state index contributed by atoms with van der Waals surface area (Å²) < 4.78 is 5.42. The van der Waals surface area contributed by atoms with Gasteiger partial charge in [-0.2, -0.15) is 4.98 Å². The Morgan fingerprint density at radius 2 is 1.74 bits per heavy atom. The lowest BCUT2D eigenvalue weighted by Crippen LogP contribution is -2.34. The minimum Gasteiger partial charge on any atom is -0.339 e. The van der Waals surface area contributed by atoms with Gasteiger partial charge in [0, 0.05) is 42.8 Å². The SMILES string of the molecule is Cc1cccc(-c2noc(CCN(CCc3ccccc3)C(=O)c3cccc([N+](=O)[O-])c3)n2)c1. The van der Waals surface area contributed by atoms with E-state index in [9.17, 15) is 14.9 Å². The Hall–Kier alpha value is -4.33. The Labute approximate surface area is 197 Å². The zero-order valence-corrected chi connectivity index (χ0v) is 18.8. The quantitative estimate of drug-likeness (QED) is 0.263. The summed E-state index contributed by atoms with van der Waals surface area (Å²) in [4.78, 5) is 30.1. The van der Waals surface area contributed by atoms with Crippen molar-refractivity contribution in [3.05, 3.63) is 112 Å². The van der Waals surface area contributed by atoms with Crippen molar-refractivity contribution in [2.24, 2.45) is 0 Å². The molecule has 8 heteroatoms. The normalized spacial score (nSPS) is 10.7. The van der Waals surface area contributed by atoms with E-state index in [-0.39, 0.29) is 17.2 Å². The smallest absolute Gasteiger partial charge is 0.270 e. The van der Waals surface area contributed by atoms with Gasteiger partial charge >= 0.3 is 0 Å². The molecule has 0 fully saturated rings. The molecule has 0 saturated heterocycles. The van der Waals surface area contributed by atoms with E-state index in [1.807, 2.05) is 61.5 Å². The summed E-state index contributed by atoms with van der Waals surface area (Å²) in [5.74, 6) is 0.644. The third kappa shape index (κ3) is 5.72. The van der Waals surface area contributed by atoms with Crippen LogP contribution < -0.4 is 0 Å². The van der Waals surface area contributed by atoms with E-state index in [0.29, 0.717) is 37.6 Å². The average Bonchev–Trinajstić information content (AvgIpc) is 3.33. The number of hydrogen-bond acceptors (Lipinski definition) is 6. The largest absolute Gasteiger partial charge is 0.339 e. The lowest BCUT2D eigenvalue weighted by Gasteiger charge is -2.22. The van der Waals surface area contributed by atoms with Gasteiger partial charge < -0.3 is 9.42 Å². The zero-order chi connectivity index (χ0) is 23.9. The Kier molecular flexibility index (Phi) is 7.07. The van der Waals surface area contributed by atoms with E-state index in [2.05, 4.69) is 10.1 Å². The minimum atomic E-state index is -0.504. The first-order valence-corrected chi connectivity index (χ1v) is 11.0. The number of nitro benzene ring substituents is 1. The summed E-state index contributed by atoms with van der Waals surface area (Å²) in [5, 5.41) is 15.2. The van der Waals surface area contributed by atoms with Crippen molar-refractivity contribution < 1.29 is 14.2 Å². The number of amides is 1. The van der Waals surface area contributed by atoms with Gasteiger partial charge in [-0.05, 0) is 31.0 Å². The van der Waals surface area contributed by atoms with Gasteiger partial charge in [0.05, 0.1) is 4.92 Å². The first-order chi connectivity index (χ1) is 16.5. The van der Waals surface area contributed by atoms with Crippen LogP contribution in [0.1, 0.15) is 27.4 Å². The second kappa shape index (κ2) is 10.5. The number of benzene rings is 3. The molecule has 1 amide bonds. The summed E-state index contributed by atoms with van der Waals surface area (Å²) in [7, 11) is 0. The number of carbonyl (C=O) groups excluding carboxylic acids is 1. The molecule has 0 bridgehead atoms. The molecule has 4 rings (SSSR count). The number of nitro groups is 1. The highest BCUT2D eigenvalue weighted by atomic mass is 16.6. The van der Waals surface area contributed by atoms with Crippen LogP contribution in [-0.2, 0) is 12.8 Å². The number of rotatable bonds is 9. The minimum absolute atomic E-state index is 0.117. The summed E-state index contributed by atoms with van der Waals surface area (Å²) >= 11 is 0. The van der Waals surface area contributed by atoms with Gasteiger partial charge in [-0.1, -0.05) is 65.3 Å². The molecule has 8 nitrogen and oxygen atoms in total. The fraction of sp³-hybridized carbons (Fsp3) is 0.192. The predicted octanol–water partition coefficient (Wildman–Crippen LogP) is 4.88. The van der Waals surface area contributed by atoms with E-state index in [4.69, 9.17) is 4.52 Å². The van der Waals surface area contributed by atoms with Crippen molar-refractivity contribution in [1.82, 2.24) is 15.0 Å². The number of non-ortho nitro benzene ring substituents is 1. The highest BCUT2D eigenvalue weighted by molar-refractivity contribution is 5.94. The molecule has 0 aliphatic rings. The van der Waals surface area contributed by atoms with Crippen LogP contribution in [0.2, 0.25) is 0 Å². The van der Waals surface area contributed by atoms with Crippen molar-refractivity contribution in [2.45, 2.75) is 19.8 Å². The van der Waals surface area contributed by atoms with Crippen LogP contribution >= 0.6 is 0 Å². The van der Waals surface area contributed by atoms with Crippen LogP contribution in [0.4, 0.5) is 5.69 Å². The van der Waals surface area contributed by atoms with E-state index in [1.54, 1.807) is 11.0 Å². The Morgan fingerprint density at radius 3 is 2.50 bits per heavy atom. The first kappa shape index (κ1) is 22.8. The number of carbonyl (C=O) groups is 1. The fourth-order valence-corrected chi connectivity index (χ4v) is 3.65. The number of aromatic nitrogens is 2. The predicted molar refractivity (Wildman–Crippen MR) is 127 cm³/mol. The Morgan fingerprint density at radius 1 is 0.971 bits per heavy atom.